The van der Waals surface area contributed by atoms with Gasteiger partial charge in [0, 0.05) is 22.0 Å². The molecule has 0 saturated heterocycles. The molecule has 6 nitrogen and oxygen atoms in total. The Morgan fingerprint density at radius 2 is 1.71 bits per heavy atom. The summed E-state index contributed by atoms with van der Waals surface area (Å²) in [5.74, 6) is -2.62. The van der Waals surface area contributed by atoms with Crippen LogP contribution in [0.25, 0.3) is 0 Å². The average molecular weight is 519 g/mol. The summed E-state index contributed by atoms with van der Waals surface area (Å²) in [6.07, 6.45) is 0. The van der Waals surface area contributed by atoms with E-state index in [9.17, 15) is 18.8 Å². The fraction of sp³-hybridized carbons (Fsp3) is 0.0417. The molecule has 0 spiro atoms. The number of halogens is 4. The van der Waals surface area contributed by atoms with Crippen molar-refractivity contribution >= 4 is 69.6 Å². The topological polar surface area (TPSA) is 78.5 Å². The molecule has 10 heteroatoms. The summed E-state index contributed by atoms with van der Waals surface area (Å²) in [4.78, 5) is 39.2. The number of aryl methyl sites for hydroxylation is 1. The van der Waals surface area contributed by atoms with Crippen LogP contribution in [0.4, 0.5) is 21.5 Å². The quantitative estimate of drug-likeness (QED) is 0.398. The molecule has 1 aliphatic heterocycles. The van der Waals surface area contributed by atoms with E-state index in [0.29, 0.717) is 27.5 Å². The van der Waals surface area contributed by atoms with Gasteiger partial charge in [-0.15, -0.1) is 0 Å². The Hall–Kier alpha value is -3.39. The van der Waals surface area contributed by atoms with Gasteiger partial charge in [-0.1, -0.05) is 46.9 Å². The predicted octanol–water partition coefficient (Wildman–Crippen LogP) is 6.13. The third kappa shape index (κ3) is 4.63. The van der Waals surface area contributed by atoms with E-state index in [2.05, 4.69) is 10.6 Å². The summed E-state index contributed by atoms with van der Waals surface area (Å²) < 4.78 is 13.5. The fourth-order valence-corrected chi connectivity index (χ4v) is 3.85. The molecule has 3 aromatic carbocycles. The lowest BCUT2D eigenvalue weighted by Crippen LogP contribution is -2.32. The molecule has 172 valence electrons. The summed E-state index contributed by atoms with van der Waals surface area (Å²) in [6, 6.07) is 15.0. The maximum Gasteiger partial charge on any atom is 0.283 e. The number of rotatable bonds is 5. The molecule has 0 fully saturated rings. The van der Waals surface area contributed by atoms with Gasteiger partial charge >= 0.3 is 0 Å². The van der Waals surface area contributed by atoms with E-state index in [1.54, 1.807) is 43.3 Å². The van der Waals surface area contributed by atoms with Crippen LogP contribution in [0.5, 0.6) is 0 Å². The molecule has 0 aliphatic carbocycles. The number of anilines is 3. The number of hydrogen-bond donors (Lipinski definition) is 2. The highest BCUT2D eigenvalue weighted by molar-refractivity contribution is 6.53. The number of nitrogens with one attached hydrogen (secondary N) is 2. The Morgan fingerprint density at radius 1 is 0.941 bits per heavy atom. The largest absolute Gasteiger partial charge is 0.349 e. The predicted molar refractivity (Wildman–Crippen MR) is 131 cm³/mol. The Labute approximate surface area is 208 Å². The second-order valence-electron chi connectivity index (χ2n) is 7.35. The average Bonchev–Trinajstić information content (AvgIpc) is 3.00. The van der Waals surface area contributed by atoms with Crippen molar-refractivity contribution in [3.63, 3.8) is 0 Å². The Bertz CT molecular complexity index is 1390. The Balaban J connectivity index is 1.59. The summed E-state index contributed by atoms with van der Waals surface area (Å²) >= 11 is 17.9. The molecule has 0 saturated carbocycles. The van der Waals surface area contributed by atoms with E-state index in [4.69, 9.17) is 34.8 Å². The number of amides is 3. The van der Waals surface area contributed by atoms with Crippen molar-refractivity contribution < 1.29 is 18.8 Å². The van der Waals surface area contributed by atoms with Crippen molar-refractivity contribution in [1.82, 2.24) is 0 Å². The zero-order valence-corrected chi connectivity index (χ0v) is 19.7. The van der Waals surface area contributed by atoms with Crippen molar-refractivity contribution in [1.29, 1.82) is 0 Å². The molecule has 0 aromatic heterocycles. The van der Waals surface area contributed by atoms with Crippen LogP contribution in [0.15, 0.2) is 71.4 Å². The summed E-state index contributed by atoms with van der Waals surface area (Å²) in [5, 5.41) is 5.48. The van der Waals surface area contributed by atoms with Gasteiger partial charge in [0.05, 0.1) is 10.7 Å². The number of carbonyl (C=O) groups excluding carboxylic acids is 3. The molecule has 34 heavy (non-hydrogen) atoms. The summed E-state index contributed by atoms with van der Waals surface area (Å²) in [7, 11) is 0. The van der Waals surface area contributed by atoms with E-state index < -0.39 is 23.5 Å². The van der Waals surface area contributed by atoms with Crippen molar-refractivity contribution in [3.05, 3.63) is 98.4 Å². The van der Waals surface area contributed by atoms with Crippen LogP contribution in [0.1, 0.15) is 15.9 Å². The van der Waals surface area contributed by atoms with Gasteiger partial charge in [0.2, 0.25) is 0 Å². The van der Waals surface area contributed by atoms with Gasteiger partial charge in [0.1, 0.15) is 16.5 Å². The van der Waals surface area contributed by atoms with Crippen molar-refractivity contribution in [2.45, 2.75) is 6.92 Å². The first-order valence-corrected chi connectivity index (χ1v) is 11.0. The zero-order chi connectivity index (χ0) is 24.6. The van der Waals surface area contributed by atoms with Crippen molar-refractivity contribution in [3.8, 4) is 0 Å². The standard InChI is InChI=1S/C24H15Cl3FN3O3/c1-12-5-6-13(22(32)29-15-4-2-3-14(25)10-15)9-19(12)30-21-20(27)23(33)31(24(21)34)16-7-8-18(28)17(26)11-16/h2-11,30H,1H3,(H,29,32). The summed E-state index contributed by atoms with van der Waals surface area (Å²) in [6.45, 7) is 1.76. The fourth-order valence-electron chi connectivity index (χ4n) is 3.27. The number of imide groups is 1. The Morgan fingerprint density at radius 3 is 2.41 bits per heavy atom. The van der Waals surface area contributed by atoms with Crippen LogP contribution in [-0.2, 0) is 9.59 Å². The first-order chi connectivity index (χ1) is 16.2. The van der Waals surface area contributed by atoms with Crippen LogP contribution in [0, 0.1) is 12.7 Å². The number of hydrogen-bond acceptors (Lipinski definition) is 4. The smallest absolute Gasteiger partial charge is 0.283 e. The van der Waals surface area contributed by atoms with E-state index >= 15 is 0 Å². The minimum atomic E-state index is -0.788. The SMILES string of the molecule is Cc1ccc(C(=O)Nc2cccc(Cl)c2)cc1NC1=C(Cl)C(=O)N(c2ccc(F)c(Cl)c2)C1=O. The third-order valence-corrected chi connectivity index (χ3v) is 5.91. The van der Waals surface area contributed by atoms with E-state index in [1.165, 1.54) is 12.1 Å². The van der Waals surface area contributed by atoms with Gasteiger partial charge in [-0.25, -0.2) is 9.29 Å². The van der Waals surface area contributed by atoms with Gasteiger partial charge in [-0.2, -0.15) is 0 Å². The van der Waals surface area contributed by atoms with Gasteiger partial charge < -0.3 is 10.6 Å². The maximum atomic E-state index is 13.5. The third-order valence-electron chi connectivity index (χ3n) is 5.03. The molecule has 1 aliphatic rings. The lowest BCUT2D eigenvalue weighted by atomic mass is 10.1. The first-order valence-electron chi connectivity index (χ1n) is 9.84. The molecule has 2 N–H and O–H groups in total. The number of carbonyl (C=O) groups is 3. The lowest BCUT2D eigenvalue weighted by Gasteiger charge is -2.16. The first kappa shape index (κ1) is 23.8. The lowest BCUT2D eigenvalue weighted by molar-refractivity contribution is -0.120. The van der Waals surface area contributed by atoms with E-state index in [-0.39, 0.29) is 21.4 Å². The molecular formula is C24H15Cl3FN3O3. The van der Waals surface area contributed by atoms with Crippen LogP contribution < -0.4 is 15.5 Å². The van der Waals surface area contributed by atoms with Crippen molar-refractivity contribution in [2.75, 3.05) is 15.5 Å². The summed E-state index contributed by atoms with van der Waals surface area (Å²) in [5.41, 5.74) is 1.80. The molecule has 0 atom stereocenters. The normalized spacial score (nSPS) is 13.5. The van der Waals surface area contributed by atoms with E-state index in [0.717, 1.165) is 17.0 Å². The molecule has 0 bridgehead atoms. The monoisotopic (exact) mass is 517 g/mol. The molecule has 0 unspecified atom stereocenters. The molecule has 1 heterocycles. The van der Waals surface area contributed by atoms with Crippen LogP contribution in [0.2, 0.25) is 10.0 Å². The molecular weight excluding hydrogens is 504 g/mol. The van der Waals surface area contributed by atoms with Gasteiger partial charge in [0.25, 0.3) is 17.7 Å². The minimum Gasteiger partial charge on any atom is -0.349 e. The minimum absolute atomic E-state index is 0.0720. The number of benzene rings is 3. The molecule has 3 amide bonds. The van der Waals surface area contributed by atoms with Gasteiger partial charge in [0.15, 0.2) is 0 Å². The molecule has 3 aromatic rings. The molecule has 4 rings (SSSR count). The maximum absolute atomic E-state index is 13.5. The van der Waals surface area contributed by atoms with Crippen molar-refractivity contribution in [2.24, 2.45) is 0 Å². The highest BCUT2D eigenvalue weighted by atomic mass is 35.5. The highest BCUT2D eigenvalue weighted by Gasteiger charge is 2.39. The van der Waals surface area contributed by atoms with Gasteiger partial charge in [-0.05, 0) is 61.0 Å². The number of nitrogens with zero attached hydrogens (tertiary/aromatic N) is 1. The van der Waals surface area contributed by atoms with E-state index in [1.807, 2.05) is 0 Å². The van der Waals surface area contributed by atoms with Crippen LogP contribution in [-0.4, -0.2) is 17.7 Å². The highest BCUT2D eigenvalue weighted by Crippen LogP contribution is 2.33. The van der Waals surface area contributed by atoms with Gasteiger partial charge in [-0.3, -0.25) is 14.4 Å². The second-order valence-corrected chi connectivity index (χ2v) is 8.57. The second kappa shape index (κ2) is 9.46. The zero-order valence-electron chi connectivity index (χ0n) is 17.5. The molecule has 0 radical (unpaired) electrons. The van der Waals surface area contributed by atoms with Crippen LogP contribution >= 0.6 is 34.8 Å². The van der Waals surface area contributed by atoms with Crippen LogP contribution in [0.3, 0.4) is 0 Å². The Kier molecular flexibility index (Phi) is 6.61.